The van der Waals surface area contributed by atoms with Crippen LogP contribution in [0.3, 0.4) is 0 Å². The number of aryl methyl sites for hydroxylation is 1. The molecule has 0 saturated heterocycles. The molecule has 1 aromatic heterocycles. The fourth-order valence-corrected chi connectivity index (χ4v) is 1.56. The molecule has 0 unspecified atom stereocenters. The number of aromatic nitrogens is 1. The monoisotopic (exact) mass is 235 g/mol. The molecule has 0 spiro atoms. The Hall–Kier alpha value is -1.61. The van der Waals surface area contributed by atoms with Crippen LogP contribution in [-0.2, 0) is 6.42 Å². The fraction of sp³-hybridized carbons (Fsp3) is 0.167. The van der Waals surface area contributed by atoms with Crippen LogP contribution >= 0.6 is 11.6 Å². The minimum atomic E-state index is -0.595. The normalized spacial score (nSPS) is 10.4. The number of rotatable bonds is 3. The Bertz CT molecular complexity index is 505. The molecule has 0 N–H and O–H groups in total. The van der Waals surface area contributed by atoms with Crippen molar-refractivity contribution in [3.8, 4) is 11.3 Å². The Morgan fingerprint density at radius 1 is 1.38 bits per heavy atom. The minimum absolute atomic E-state index is 0.185. The van der Waals surface area contributed by atoms with Crippen molar-refractivity contribution in [3.05, 3.63) is 41.9 Å². The molecule has 0 saturated carbocycles. The lowest BCUT2D eigenvalue weighted by atomic mass is 10.1. The average Bonchev–Trinajstić information content (AvgIpc) is 2.74. The van der Waals surface area contributed by atoms with E-state index in [0.29, 0.717) is 18.1 Å². The third-order valence-electron chi connectivity index (χ3n) is 2.20. The zero-order valence-electron chi connectivity index (χ0n) is 8.74. The predicted molar refractivity (Wildman–Crippen MR) is 61.5 cm³/mol. The van der Waals surface area contributed by atoms with E-state index in [2.05, 4.69) is 4.98 Å². The summed E-state index contributed by atoms with van der Waals surface area (Å²) < 4.78 is 5.49. The van der Waals surface area contributed by atoms with Crippen molar-refractivity contribution in [1.29, 1.82) is 0 Å². The van der Waals surface area contributed by atoms with E-state index >= 15 is 0 Å². The average molecular weight is 236 g/mol. The van der Waals surface area contributed by atoms with Crippen molar-refractivity contribution in [2.45, 2.75) is 13.3 Å². The second-order valence-electron chi connectivity index (χ2n) is 3.28. The van der Waals surface area contributed by atoms with Gasteiger partial charge in [0.1, 0.15) is 0 Å². The SMILES string of the molecule is CCc1nc(C(=O)Cl)c(-c2ccccc2)o1. The number of carbonyl (C=O) groups excluding carboxylic acids is 1. The maximum absolute atomic E-state index is 11.2. The number of nitrogens with zero attached hydrogens (tertiary/aromatic N) is 1. The number of halogens is 1. The second kappa shape index (κ2) is 4.49. The molecular formula is C12H10ClNO2. The highest BCUT2D eigenvalue weighted by atomic mass is 35.5. The Morgan fingerprint density at radius 3 is 2.62 bits per heavy atom. The van der Waals surface area contributed by atoms with Crippen molar-refractivity contribution in [2.75, 3.05) is 0 Å². The molecule has 0 bridgehead atoms. The zero-order chi connectivity index (χ0) is 11.5. The van der Waals surface area contributed by atoms with Gasteiger partial charge in [-0.25, -0.2) is 4.98 Å². The lowest BCUT2D eigenvalue weighted by Gasteiger charge is -1.96. The van der Waals surface area contributed by atoms with Gasteiger partial charge in [-0.3, -0.25) is 4.79 Å². The maximum Gasteiger partial charge on any atom is 0.274 e. The summed E-state index contributed by atoms with van der Waals surface area (Å²) >= 11 is 5.47. The molecule has 2 rings (SSSR count). The standard InChI is InChI=1S/C12H10ClNO2/c1-2-9-14-10(12(13)15)11(16-9)8-6-4-3-5-7-8/h3-7H,2H2,1H3. The molecule has 1 aromatic carbocycles. The van der Waals surface area contributed by atoms with Gasteiger partial charge in [0.25, 0.3) is 5.24 Å². The van der Waals surface area contributed by atoms with Gasteiger partial charge in [-0.1, -0.05) is 37.3 Å². The first-order valence-electron chi connectivity index (χ1n) is 4.97. The molecule has 1 heterocycles. The van der Waals surface area contributed by atoms with E-state index in [1.807, 2.05) is 37.3 Å². The van der Waals surface area contributed by atoms with Gasteiger partial charge in [-0.15, -0.1) is 0 Å². The minimum Gasteiger partial charge on any atom is -0.440 e. The van der Waals surface area contributed by atoms with Crippen LogP contribution in [0.5, 0.6) is 0 Å². The molecule has 0 amide bonds. The third kappa shape index (κ3) is 1.99. The molecule has 0 radical (unpaired) electrons. The summed E-state index contributed by atoms with van der Waals surface area (Å²) in [6, 6.07) is 9.33. The smallest absolute Gasteiger partial charge is 0.274 e. The quantitative estimate of drug-likeness (QED) is 0.767. The molecular weight excluding hydrogens is 226 g/mol. The van der Waals surface area contributed by atoms with E-state index in [1.54, 1.807) is 0 Å². The number of carbonyl (C=O) groups is 1. The number of hydrogen-bond acceptors (Lipinski definition) is 3. The van der Waals surface area contributed by atoms with Crippen molar-refractivity contribution in [3.63, 3.8) is 0 Å². The van der Waals surface area contributed by atoms with Gasteiger partial charge in [-0.05, 0) is 11.6 Å². The maximum atomic E-state index is 11.2. The molecule has 4 heteroatoms. The first kappa shape index (κ1) is 10.9. The number of hydrogen-bond donors (Lipinski definition) is 0. The van der Waals surface area contributed by atoms with E-state index in [-0.39, 0.29) is 5.69 Å². The Balaban J connectivity index is 2.55. The van der Waals surface area contributed by atoms with Crippen molar-refractivity contribution in [2.24, 2.45) is 0 Å². The van der Waals surface area contributed by atoms with E-state index in [9.17, 15) is 4.79 Å². The third-order valence-corrected chi connectivity index (χ3v) is 2.38. The van der Waals surface area contributed by atoms with Crippen molar-refractivity contribution in [1.82, 2.24) is 4.98 Å². The largest absolute Gasteiger partial charge is 0.440 e. The molecule has 0 fully saturated rings. The van der Waals surface area contributed by atoms with Crippen LogP contribution < -0.4 is 0 Å². The van der Waals surface area contributed by atoms with E-state index < -0.39 is 5.24 Å². The van der Waals surface area contributed by atoms with Crippen LogP contribution in [0.4, 0.5) is 0 Å². The molecule has 82 valence electrons. The van der Waals surface area contributed by atoms with Gasteiger partial charge in [0.15, 0.2) is 17.3 Å². The van der Waals surface area contributed by atoms with Gasteiger partial charge in [0, 0.05) is 12.0 Å². The number of benzene rings is 1. The highest BCUT2D eigenvalue weighted by Gasteiger charge is 2.18. The molecule has 0 aliphatic rings. The van der Waals surface area contributed by atoms with E-state index in [1.165, 1.54) is 0 Å². The van der Waals surface area contributed by atoms with Crippen LogP contribution in [0.15, 0.2) is 34.7 Å². The van der Waals surface area contributed by atoms with Crippen LogP contribution in [-0.4, -0.2) is 10.2 Å². The van der Waals surface area contributed by atoms with Crippen LogP contribution in [0.25, 0.3) is 11.3 Å². The topological polar surface area (TPSA) is 43.1 Å². The van der Waals surface area contributed by atoms with Gasteiger partial charge in [0.2, 0.25) is 0 Å². The summed E-state index contributed by atoms with van der Waals surface area (Å²) in [6.45, 7) is 1.91. The Kier molecular flexibility index (Phi) is 3.06. The molecule has 2 aromatic rings. The van der Waals surface area contributed by atoms with Crippen molar-refractivity contribution < 1.29 is 9.21 Å². The molecule has 3 nitrogen and oxygen atoms in total. The van der Waals surface area contributed by atoms with Gasteiger partial charge >= 0.3 is 0 Å². The Labute approximate surface area is 98.1 Å². The summed E-state index contributed by atoms with van der Waals surface area (Å²) in [6.07, 6.45) is 0.629. The molecule has 0 aliphatic heterocycles. The summed E-state index contributed by atoms with van der Waals surface area (Å²) in [5.41, 5.74) is 0.989. The van der Waals surface area contributed by atoms with E-state index in [0.717, 1.165) is 5.56 Å². The molecule has 16 heavy (non-hydrogen) atoms. The van der Waals surface area contributed by atoms with Crippen LogP contribution in [0.1, 0.15) is 23.3 Å². The molecule has 0 aliphatic carbocycles. The predicted octanol–water partition coefficient (Wildman–Crippen LogP) is 3.28. The Morgan fingerprint density at radius 2 is 2.06 bits per heavy atom. The second-order valence-corrected chi connectivity index (χ2v) is 3.62. The highest BCUT2D eigenvalue weighted by molar-refractivity contribution is 6.67. The first-order valence-corrected chi connectivity index (χ1v) is 5.35. The first-order chi connectivity index (χ1) is 7.72. The van der Waals surface area contributed by atoms with E-state index in [4.69, 9.17) is 16.0 Å². The van der Waals surface area contributed by atoms with Crippen molar-refractivity contribution >= 4 is 16.8 Å². The van der Waals surface area contributed by atoms with Gasteiger partial charge in [-0.2, -0.15) is 0 Å². The lowest BCUT2D eigenvalue weighted by Crippen LogP contribution is -1.92. The summed E-state index contributed by atoms with van der Waals surface area (Å²) in [5, 5.41) is -0.595. The summed E-state index contributed by atoms with van der Waals surface area (Å²) in [5.74, 6) is 0.959. The van der Waals surface area contributed by atoms with Gasteiger partial charge in [0.05, 0.1) is 0 Å². The van der Waals surface area contributed by atoms with Gasteiger partial charge < -0.3 is 4.42 Å². The zero-order valence-corrected chi connectivity index (χ0v) is 9.49. The van der Waals surface area contributed by atoms with Crippen LogP contribution in [0.2, 0.25) is 0 Å². The lowest BCUT2D eigenvalue weighted by molar-refractivity contribution is 0.107. The summed E-state index contributed by atoms with van der Waals surface area (Å²) in [7, 11) is 0. The molecule has 0 atom stereocenters. The van der Waals surface area contributed by atoms with Crippen LogP contribution in [0, 0.1) is 0 Å². The number of oxazole rings is 1. The fourth-order valence-electron chi connectivity index (χ4n) is 1.43. The summed E-state index contributed by atoms with van der Waals surface area (Å²) in [4.78, 5) is 15.3. The highest BCUT2D eigenvalue weighted by Crippen LogP contribution is 2.26.